The second-order valence-electron chi connectivity index (χ2n) is 4.72. The summed E-state index contributed by atoms with van der Waals surface area (Å²) in [7, 11) is 0. The van der Waals surface area contributed by atoms with Crippen LogP contribution < -0.4 is 10.6 Å². The molecule has 7 heteroatoms. The molecule has 0 aliphatic heterocycles. The third-order valence-corrected chi connectivity index (χ3v) is 3.73. The topological polar surface area (TPSA) is 102 Å². The minimum Gasteiger partial charge on any atom is -0.481 e. The second-order valence-corrected chi connectivity index (χ2v) is 5.57. The Labute approximate surface area is 143 Å². The molecule has 0 fully saturated rings. The summed E-state index contributed by atoms with van der Waals surface area (Å²) >= 11 is 3.46. The summed E-state index contributed by atoms with van der Waals surface area (Å²) in [5.41, 5.74) is 1.09. The Kier molecular flexibility index (Phi) is 8.47. The van der Waals surface area contributed by atoms with E-state index >= 15 is 0 Å². The van der Waals surface area contributed by atoms with Crippen LogP contribution in [-0.2, 0) is 16.0 Å². The first-order chi connectivity index (χ1) is 11.0. The maximum Gasteiger partial charge on any atom is 0.303 e. The van der Waals surface area contributed by atoms with E-state index in [-0.39, 0.29) is 18.5 Å². The molecule has 1 aromatic carbocycles. The second kappa shape index (κ2) is 10.4. The molecule has 23 heavy (non-hydrogen) atoms. The summed E-state index contributed by atoms with van der Waals surface area (Å²) < 4.78 is 1.02. The molecule has 0 aliphatic rings. The highest BCUT2D eigenvalue weighted by Gasteiger charge is 2.08. The molecular formula is C16H18BrN3O3. The number of hydrogen-bond donors (Lipinski definition) is 3. The van der Waals surface area contributed by atoms with E-state index in [2.05, 4.69) is 26.6 Å². The lowest BCUT2D eigenvalue weighted by molar-refractivity contribution is -0.137. The van der Waals surface area contributed by atoms with E-state index in [0.29, 0.717) is 13.0 Å². The number of carbonyl (C=O) groups is 2. The van der Waals surface area contributed by atoms with E-state index < -0.39 is 11.9 Å². The molecule has 0 aliphatic carbocycles. The number of amides is 1. The van der Waals surface area contributed by atoms with Gasteiger partial charge in [0.15, 0.2) is 0 Å². The minimum atomic E-state index is -0.913. The molecule has 1 amide bonds. The van der Waals surface area contributed by atoms with Crippen LogP contribution in [-0.4, -0.2) is 30.1 Å². The molecule has 122 valence electrons. The maximum atomic E-state index is 11.7. The lowest BCUT2D eigenvalue weighted by Gasteiger charge is -2.06. The van der Waals surface area contributed by atoms with Gasteiger partial charge in [-0.25, -0.2) is 0 Å². The Morgan fingerprint density at radius 2 is 2.04 bits per heavy atom. The van der Waals surface area contributed by atoms with Gasteiger partial charge in [0, 0.05) is 30.2 Å². The lowest BCUT2D eigenvalue weighted by atomic mass is 10.1. The molecule has 1 aromatic rings. The predicted octanol–water partition coefficient (Wildman–Crippen LogP) is 1.97. The molecule has 0 heterocycles. The lowest BCUT2D eigenvalue weighted by Crippen LogP contribution is -2.27. The summed E-state index contributed by atoms with van der Waals surface area (Å²) in [5, 5.41) is 22.9. The van der Waals surface area contributed by atoms with Gasteiger partial charge in [-0.1, -0.05) is 34.1 Å². The van der Waals surface area contributed by atoms with Gasteiger partial charge in [0.1, 0.15) is 11.6 Å². The van der Waals surface area contributed by atoms with E-state index in [1.807, 2.05) is 30.3 Å². The fraction of sp³-hybridized carbons (Fsp3) is 0.312. The summed E-state index contributed by atoms with van der Waals surface area (Å²) in [5.74, 6) is -1.42. The van der Waals surface area contributed by atoms with E-state index in [0.717, 1.165) is 16.5 Å². The Bertz CT molecular complexity index is 623. The third kappa shape index (κ3) is 7.47. The van der Waals surface area contributed by atoms with E-state index in [9.17, 15) is 9.59 Å². The van der Waals surface area contributed by atoms with Crippen LogP contribution in [0.3, 0.4) is 0 Å². The van der Waals surface area contributed by atoms with Crippen molar-refractivity contribution in [1.82, 2.24) is 10.6 Å². The number of halogens is 1. The highest BCUT2D eigenvalue weighted by molar-refractivity contribution is 9.10. The first-order valence-corrected chi connectivity index (χ1v) is 7.91. The van der Waals surface area contributed by atoms with Crippen molar-refractivity contribution in [3.8, 4) is 6.07 Å². The summed E-state index contributed by atoms with van der Waals surface area (Å²) in [6.07, 6.45) is 2.44. The zero-order chi connectivity index (χ0) is 17.1. The van der Waals surface area contributed by atoms with Gasteiger partial charge in [0.05, 0.1) is 0 Å². The molecule has 0 radical (unpaired) electrons. The fourth-order valence-corrected chi connectivity index (χ4v) is 2.25. The number of hydrogen-bond acceptors (Lipinski definition) is 4. The Morgan fingerprint density at radius 3 is 2.70 bits per heavy atom. The zero-order valence-electron chi connectivity index (χ0n) is 12.5. The molecule has 0 spiro atoms. The molecule has 0 bridgehead atoms. The van der Waals surface area contributed by atoms with E-state index in [1.165, 1.54) is 6.20 Å². The zero-order valence-corrected chi connectivity index (χ0v) is 14.1. The van der Waals surface area contributed by atoms with Gasteiger partial charge < -0.3 is 15.7 Å². The third-order valence-electron chi connectivity index (χ3n) is 2.96. The van der Waals surface area contributed by atoms with E-state index in [1.54, 1.807) is 0 Å². The van der Waals surface area contributed by atoms with Gasteiger partial charge in [-0.15, -0.1) is 0 Å². The summed E-state index contributed by atoms with van der Waals surface area (Å²) in [4.78, 5) is 22.1. The highest BCUT2D eigenvalue weighted by Crippen LogP contribution is 2.15. The van der Waals surface area contributed by atoms with Crippen molar-refractivity contribution in [2.45, 2.75) is 19.3 Å². The molecule has 0 saturated carbocycles. The van der Waals surface area contributed by atoms with Crippen molar-refractivity contribution in [2.75, 3.05) is 13.1 Å². The molecule has 6 nitrogen and oxygen atoms in total. The van der Waals surface area contributed by atoms with Gasteiger partial charge in [-0.2, -0.15) is 5.26 Å². The first-order valence-electron chi connectivity index (χ1n) is 7.11. The van der Waals surface area contributed by atoms with Crippen molar-refractivity contribution >= 4 is 27.8 Å². The van der Waals surface area contributed by atoms with Crippen LogP contribution in [0.4, 0.5) is 0 Å². The number of rotatable bonds is 9. The molecule has 0 atom stereocenters. The first kappa shape index (κ1) is 18.7. The van der Waals surface area contributed by atoms with Crippen LogP contribution >= 0.6 is 15.9 Å². The fourth-order valence-electron chi connectivity index (χ4n) is 1.77. The number of nitrogens with one attached hydrogen (secondary N) is 2. The maximum absolute atomic E-state index is 11.7. The van der Waals surface area contributed by atoms with Crippen LogP contribution in [0.25, 0.3) is 0 Å². The molecule has 1 rings (SSSR count). The normalized spacial score (nSPS) is 10.7. The van der Waals surface area contributed by atoms with Crippen LogP contribution in [0.1, 0.15) is 18.4 Å². The Balaban J connectivity index is 2.37. The van der Waals surface area contributed by atoms with Gasteiger partial charge in [0.2, 0.25) is 0 Å². The highest BCUT2D eigenvalue weighted by atomic mass is 79.9. The molecule has 0 unspecified atom stereocenters. The molecule has 0 aromatic heterocycles. The van der Waals surface area contributed by atoms with E-state index in [4.69, 9.17) is 10.4 Å². The van der Waals surface area contributed by atoms with Gasteiger partial charge in [0.25, 0.3) is 5.91 Å². The SMILES string of the molecule is N#C/C(=C/NCCc1ccccc1Br)C(=O)NCCCC(=O)O. The number of nitrogens with zero attached hydrogens (tertiary/aromatic N) is 1. The number of carboxylic acid groups (broad SMARTS) is 1. The van der Waals surface area contributed by atoms with Crippen molar-refractivity contribution in [3.05, 3.63) is 46.1 Å². The number of aliphatic carboxylic acids is 1. The average molecular weight is 380 g/mol. The van der Waals surface area contributed by atoms with Gasteiger partial charge >= 0.3 is 5.97 Å². The number of carbonyl (C=O) groups excluding carboxylic acids is 1. The minimum absolute atomic E-state index is 0.0178. The Hall–Kier alpha value is -2.33. The number of nitriles is 1. The van der Waals surface area contributed by atoms with Gasteiger partial charge in [-0.05, 0) is 24.5 Å². The predicted molar refractivity (Wildman–Crippen MR) is 89.4 cm³/mol. The summed E-state index contributed by atoms with van der Waals surface area (Å²) in [6, 6.07) is 9.65. The van der Waals surface area contributed by atoms with Crippen LogP contribution in [0.5, 0.6) is 0 Å². The summed E-state index contributed by atoms with van der Waals surface area (Å²) in [6.45, 7) is 0.807. The van der Waals surface area contributed by atoms with Crippen molar-refractivity contribution in [2.24, 2.45) is 0 Å². The standard InChI is InChI=1S/C16H18BrN3O3/c17-14-5-2-1-4-12(14)7-9-19-11-13(10-18)16(23)20-8-3-6-15(21)22/h1-2,4-5,11,19H,3,6-9H2,(H,20,23)(H,21,22)/b13-11-. The molecular weight excluding hydrogens is 362 g/mol. The van der Waals surface area contributed by atoms with Crippen molar-refractivity contribution in [3.63, 3.8) is 0 Å². The smallest absolute Gasteiger partial charge is 0.303 e. The molecule has 0 saturated heterocycles. The quantitative estimate of drug-likeness (QED) is 0.345. The van der Waals surface area contributed by atoms with Crippen LogP contribution in [0.15, 0.2) is 40.5 Å². The average Bonchev–Trinajstić information content (AvgIpc) is 2.53. The van der Waals surface area contributed by atoms with Crippen molar-refractivity contribution < 1.29 is 14.7 Å². The Morgan fingerprint density at radius 1 is 1.30 bits per heavy atom. The number of benzene rings is 1. The van der Waals surface area contributed by atoms with Crippen LogP contribution in [0, 0.1) is 11.3 Å². The van der Waals surface area contributed by atoms with Crippen molar-refractivity contribution in [1.29, 1.82) is 5.26 Å². The van der Waals surface area contributed by atoms with Crippen LogP contribution in [0.2, 0.25) is 0 Å². The monoisotopic (exact) mass is 379 g/mol. The number of carboxylic acids is 1. The largest absolute Gasteiger partial charge is 0.481 e. The molecule has 3 N–H and O–H groups in total. The van der Waals surface area contributed by atoms with Gasteiger partial charge in [-0.3, -0.25) is 9.59 Å².